The first kappa shape index (κ1) is 13.4. The Kier molecular flexibility index (Phi) is 4.74. The topological polar surface area (TPSA) is 60.5 Å². The number of aromatic nitrogens is 1. The van der Waals surface area contributed by atoms with Crippen molar-refractivity contribution in [3.8, 4) is 5.75 Å². The molecule has 0 spiro atoms. The number of hydrogen-bond acceptors (Lipinski definition) is 6. The van der Waals surface area contributed by atoms with Crippen molar-refractivity contribution < 1.29 is 14.3 Å². The molecular weight excluding hydrogens is 264 g/mol. The van der Waals surface area contributed by atoms with Crippen LogP contribution in [-0.4, -0.2) is 31.2 Å². The van der Waals surface area contributed by atoms with Crippen LogP contribution in [0.25, 0.3) is 0 Å². The smallest absolute Gasteiger partial charge is 0.337 e. The molecule has 19 heavy (non-hydrogen) atoms. The molecule has 1 heterocycles. The number of anilines is 1. The Morgan fingerprint density at radius 1 is 1.37 bits per heavy atom. The van der Waals surface area contributed by atoms with Crippen LogP contribution in [0.3, 0.4) is 0 Å². The van der Waals surface area contributed by atoms with Crippen LogP contribution in [-0.2, 0) is 4.74 Å². The summed E-state index contributed by atoms with van der Waals surface area (Å²) in [6.45, 7) is 1.20. The zero-order valence-electron chi connectivity index (χ0n) is 10.5. The van der Waals surface area contributed by atoms with Gasteiger partial charge in [0, 0.05) is 11.6 Å². The monoisotopic (exact) mass is 278 g/mol. The molecule has 0 bridgehead atoms. The molecule has 0 fully saturated rings. The molecule has 0 aliphatic carbocycles. The van der Waals surface area contributed by atoms with Gasteiger partial charge in [-0.15, -0.1) is 11.3 Å². The maximum absolute atomic E-state index is 11.2. The van der Waals surface area contributed by atoms with E-state index in [1.54, 1.807) is 41.8 Å². The number of carbonyl (C=O) groups is 1. The second kappa shape index (κ2) is 6.75. The van der Waals surface area contributed by atoms with E-state index in [0.717, 1.165) is 5.13 Å². The van der Waals surface area contributed by atoms with Crippen molar-refractivity contribution in [2.75, 3.05) is 25.6 Å². The summed E-state index contributed by atoms with van der Waals surface area (Å²) >= 11 is 1.55. The van der Waals surface area contributed by atoms with Crippen LogP contribution in [0.5, 0.6) is 5.75 Å². The summed E-state index contributed by atoms with van der Waals surface area (Å²) in [5.74, 6) is 0.366. The molecule has 0 atom stereocenters. The first-order chi connectivity index (χ1) is 9.29. The highest BCUT2D eigenvalue weighted by molar-refractivity contribution is 7.13. The fourth-order valence-electron chi connectivity index (χ4n) is 1.44. The molecular formula is C13H14N2O3S. The molecule has 100 valence electrons. The Morgan fingerprint density at radius 3 is 2.79 bits per heavy atom. The van der Waals surface area contributed by atoms with E-state index < -0.39 is 0 Å². The molecule has 1 aromatic heterocycles. The van der Waals surface area contributed by atoms with Gasteiger partial charge >= 0.3 is 5.97 Å². The van der Waals surface area contributed by atoms with Gasteiger partial charge in [-0.1, -0.05) is 0 Å². The van der Waals surface area contributed by atoms with Gasteiger partial charge in [0.15, 0.2) is 5.13 Å². The predicted octanol–water partition coefficient (Wildman–Crippen LogP) is 2.42. The molecule has 0 amide bonds. The van der Waals surface area contributed by atoms with Gasteiger partial charge in [0.25, 0.3) is 0 Å². The molecule has 0 saturated heterocycles. The van der Waals surface area contributed by atoms with Gasteiger partial charge in [-0.3, -0.25) is 0 Å². The molecule has 1 aromatic carbocycles. The number of hydrogen-bond donors (Lipinski definition) is 1. The lowest BCUT2D eigenvalue weighted by atomic mass is 10.2. The van der Waals surface area contributed by atoms with Crippen molar-refractivity contribution in [3.05, 3.63) is 41.4 Å². The second-order valence-corrected chi connectivity index (χ2v) is 4.52. The quantitative estimate of drug-likeness (QED) is 0.649. The van der Waals surface area contributed by atoms with E-state index in [-0.39, 0.29) is 5.97 Å². The van der Waals surface area contributed by atoms with E-state index in [9.17, 15) is 4.79 Å². The Morgan fingerprint density at radius 2 is 2.16 bits per heavy atom. The van der Waals surface area contributed by atoms with Gasteiger partial charge < -0.3 is 14.8 Å². The number of ether oxygens (including phenoxy) is 2. The standard InChI is InChI=1S/C13H14N2O3S/c1-17-12(16)10-2-4-11(5-3-10)18-8-6-14-13-15-7-9-19-13/h2-5,7,9H,6,8H2,1H3,(H,14,15). The highest BCUT2D eigenvalue weighted by atomic mass is 32.1. The molecule has 0 saturated carbocycles. The van der Waals surface area contributed by atoms with Crippen LogP contribution in [0.1, 0.15) is 10.4 Å². The third kappa shape index (κ3) is 3.96. The zero-order chi connectivity index (χ0) is 13.5. The van der Waals surface area contributed by atoms with Crippen molar-refractivity contribution in [1.82, 2.24) is 4.98 Å². The van der Waals surface area contributed by atoms with Crippen LogP contribution in [0.2, 0.25) is 0 Å². The second-order valence-electron chi connectivity index (χ2n) is 3.63. The molecule has 1 N–H and O–H groups in total. The van der Waals surface area contributed by atoms with Crippen LogP contribution < -0.4 is 10.1 Å². The molecule has 5 nitrogen and oxygen atoms in total. The van der Waals surface area contributed by atoms with E-state index in [0.29, 0.717) is 24.5 Å². The predicted molar refractivity (Wildman–Crippen MR) is 73.9 cm³/mol. The number of benzene rings is 1. The number of thiazole rings is 1. The van der Waals surface area contributed by atoms with E-state index >= 15 is 0 Å². The minimum absolute atomic E-state index is 0.350. The average Bonchev–Trinajstić information content (AvgIpc) is 2.96. The number of nitrogens with one attached hydrogen (secondary N) is 1. The average molecular weight is 278 g/mol. The Hall–Kier alpha value is -2.08. The van der Waals surface area contributed by atoms with E-state index in [1.807, 2.05) is 5.38 Å². The van der Waals surface area contributed by atoms with E-state index in [1.165, 1.54) is 7.11 Å². The summed E-state index contributed by atoms with van der Waals surface area (Å²) in [7, 11) is 1.36. The number of rotatable bonds is 6. The molecule has 6 heteroatoms. The highest BCUT2D eigenvalue weighted by Crippen LogP contribution is 2.13. The minimum atomic E-state index is -0.350. The van der Waals surface area contributed by atoms with Crippen LogP contribution in [0, 0.1) is 0 Å². The third-order valence-electron chi connectivity index (χ3n) is 2.35. The van der Waals surface area contributed by atoms with Gasteiger partial charge in [0.2, 0.25) is 0 Å². The lowest BCUT2D eigenvalue weighted by Gasteiger charge is -2.07. The lowest BCUT2D eigenvalue weighted by Crippen LogP contribution is -2.11. The van der Waals surface area contributed by atoms with Crippen LogP contribution >= 0.6 is 11.3 Å². The maximum atomic E-state index is 11.2. The van der Waals surface area contributed by atoms with Crippen molar-refractivity contribution in [1.29, 1.82) is 0 Å². The highest BCUT2D eigenvalue weighted by Gasteiger charge is 2.04. The van der Waals surface area contributed by atoms with Gasteiger partial charge in [-0.05, 0) is 24.3 Å². The zero-order valence-corrected chi connectivity index (χ0v) is 11.3. The van der Waals surface area contributed by atoms with Crippen LogP contribution in [0.15, 0.2) is 35.8 Å². The van der Waals surface area contributed by atoms with Crippen LogP contribution in [0.4, 0.5) is 5.13 Å². The van der Waals surface area contributed by atoms with Crippen molar-refractivity contribution in [2.24, 2.45) is 0 Å². The van der Waals surface area contributed by atoms with E-state index in [4.69, 9.17) is 4.74 Å². The summed E-state index contributed by atoms with van der Waals surface area (Å²) in [6.07, 6.45) is 1.75. The Labute approximate surface area is 115 Å². The number of nitrogens with zero attached hydrogens (tertiary/aromatic N) is 1. The number of esters is 1. The van der Waals surface area contributed by atoms with Gasteiger partial charge in [0.05, 0.1) is 19.2 Å². The van der Waals surface area contributed by atoms with E-state index in [2.05, 4.69) is 15.0 Å². The molecule has 0 unspecified atom stereocenters. The fourth-order valence-corrected chi connectivity index (χ4v) is 2.00. The first-order valence-corrected chi connectivity index (χ1v) is 6.62. The summed E-state index contributed by atoms with van der Waals surface area (Å²) in [5, 5.41) is 5.93. The van der Waals surface area contributed by atoms with Gasteiger partial charge in [0.1, 0.15) is 12.4 Å². The molecule has 0 aliphatic rings. The first-order valence-electron chi connectivity index (χ1n) is 5.74. The summed E-state index contributed by atoms with van der Waals surface area (Å²) in [6, 6.07) is 6.84. The number of methoxy groups -OCH3 is 1. The van der Waals surface area contributed by atoms with Crippen molar-refractivity contribution >= 4 is 22.4 Å². The molecule has 2 rings (SSSR count). The summed E-state index contributed by atoms with van der Waals surface area (Å²) < 4.78 is 10.2. The Balaban J connectivity index is 1.75. The largest absolute Gasteiger partial charge is 0.492 e. The summed E-state index contributed by atoms with van der Waals surface area (Å²) in [5.41, 5.74) is 0.510. The van der Waals surface area contributed by atoms with Gasteiger partial charge in [-0.25, -0.2) is 9.78 Å². The van der Waals surface area contributed by atoms with Crippen molar-refractivity contribution in [3.63, 3.8) is 0 Å². The molecule has 0 aliphatic heterocycles. The number of carbonyl (C=O) groups excluding carboxylic acids is 1. The summed E-state index contributed by atoms with van der Waals surface area (Å²) in [4.78, 5) is 15.3. The maximum Gasteiger partial charge on any atom is 0.337 e. The normalized spacial score (nSPS) is 9.95. The lowest BCUT2D eigenvalue weighted by molar-refractivity contribution is 0.0600. The molecule has 0 radical (unpaired) electrons. The Bertz CT molecular complexity index is 511. The SMILES string of the molecule is COC(=O)c1ccc(OCCNc2nccs2)cc1. The molecule has 2 aromatic rings. The minimum Gasteiger partial charge on any atom is -0.492 e. The fraction of sp³-hybridized carbons (Fsp3) is 0.231. The van der Waals surface area contributed by atoms with Crippen molar-refractivity contribution in [2.45, 2.75) is 0 Å². The van der Waals surface area contributed by atoms with Gasteiger partial charge in [-0.2, -0.15) is 0 Å². The third-order valence-corrected chi connectivity index (χ3v) is 3.09.